The molecule has 0 aliphatic heterocycles. The van der Waals surface area contributed by atoms with Gasteiger partial charge in [-0.15, -0.1) is 6.42 Å². The molecule has 1 N–H and O–H groups in total. The molecule has 0 fully saturated rings. The molecular weight excluding hydrogens is 246 g/mol. The van der Waals surface area contributed by atoms with Crippen molar-refractivity contribution in [3.8, 4) is 18.1 Å². The van der Waals surface area contributed by atoms with Gasteiger partial charge >= 0.3 is 5.97 Å². The van der Waals surface area contributed by atoms with Crippen LogP contribution in [0.25, 0.3) is 0 Å². The molecule has 0 aliphatic carbocycles. The van der Waals surface area contributed by atoms with Crippen molar-refractivity contribution in [2.75, 3.05) is 19.8 Å². The number of carbonyl (C=O) groups excluding carboxylic acids is 2. The molecule has 0 heterocycles. The van der Waals surface area contributed by atoms with Crippen LogP contribution in [0.1, 0.15) is 5.56 Å². The van der Waals surface area contributed by atoms with Crippen LogP contribution >= 0.6 is 0 Å². The molecule has 0 aliphatic rings. The second-order valence-electron chi connectivity index (χ2n) is 3.75. The third-order valence-corrected chi connectivity index (χ3v) is 2.10. The first-order chi connectivity index (χ1) is 9.11. The van der Waals surface area contributed by atoms with E-state index in [1.165, 1.54) is 0 Å². The van der Waals surface area contributed by atoms with Crippen LogP contribution in [0.2, 0.25) is 0 Å². The molecule has 0 aromatic heterocycles. The van der Waals surface area contributed by atoms with Crippen LogP contribution in [0.5, 0.6) is 5.75 Å². The summed E-state index contributed by atoms with van der Waals surface area (Å²) in [7, 11) is 0. The molecule has 0 unspecified atom stereocenters. The molecule has 19 heavy (non-hydrogen) atoms. The van der Waals surface area contributed by atoms with Crippen molar-refractivity contribution in [2.24, 2.45) is 0 Å². The molecule has 5 nitrogen and oxygen atoms in total. The largest absolute Gasteiger partial charge is 0.482 e. The van der Waals surface area contributed by atoms with E-state index < -0.39 is 11.9 Å². The van der Waals surface area contributed by atoms with Gasteiger partial charge in [-0.3, -0.25) is 4.79 Å². The first-order valence-corrected chi connectivity index (χ1v) is 5.67. The van der Waals surface area contributed by atoms with Gasteiger partial charge in [-0.05, 0) is 24.6 Å². The Hall–Kier alpha value is -2.48. The summed E-state index contributed by atoms with van der Waals surface area (Å²) in [6.45, 7) is 1.42. The molecule has 0 spiro atoms. The van der Waals surface area contributed by atoms with Gasteiger partial charge < -0.3 is 14.8 Å². The van der Waals surface area contributed by atoms with Gasteiger partial charge in [-0.1, -0.05) is 18.1 Å². The Morgan fingerprint density at radius 2 is 2.16 bits per heavy atom. The maximum absolute atomic E-state index is 11.3. The average molecular weight is 261 g/mol. The number of aryl methyl sites for hydroxylation is 1. The number of rotatable bonds is 6. The summed E-state index contributed by atoms with van der Waals surface area (Å²) in [4.78, 5) is 22.4. The predicted octanol–water partition coefficient (Wildman–Crippen LogP) is 0.666. The highest BCUT2D eigenvalue weighted by molar-refractivity contribution is 5.81. The lowest BCUT2D eigenvalue weighted by Crippen LogP contribution is -2.30. The third kappa shape index (κ3) is 6.13. The Labute approximate surface area is 111 Å². The lowest BCUT2D eigenvalue weighted by Gasteiger charge is -2.07. The minimum Gasteiger partial charge on any atom is -0.482 e. The summed E-state index contributed by atoms with van der Waals surface area (Å²) in [6, 6.07) is 7.27. The van der Waals surface area contributed by atoms with Gasteiger partial charge in [0.15, 0.2) is 13.2 Å². The normalized spacial score (nSPS) is 9.26. The second kappa shape index (κ2) is 7.77. The first kappa shape index (κ1) is 14.6. The standard InChI is InChI=1S/C14H15NO4/c1-3-7-15-13(16)9-19-14(17)10-18-12-6-4-5-11(2)8-12/h1,4-6,8H,7,9-10H2,2H3,(H,15,16). The van der Waals surface area contributed by atoms with Crippen molar-refractivity contribution in [1.82, 2.24) is 5.32 Å². The number of ether oxygens (including phenoxy) is 2. The summed E-state index contributed by atoms with van der Waals surface area (Å²) in [5, 5.41) is 2.38. The van der Waals surface area contributed by atoms with Crippen molar-refractivity contribution in [2.45, 2.75) is 6.92 Å². The first-order valence-electron chi connectivity index (χ1n) is 5.67. The number of carbonyl (C=O) groups is 2. The SMILES string of the molecule is C#CCNC(=O)COC(=O)COc1cccc(C)c1. The van der Waals surface area contributed by atoms with Gasteiger partial charge in [0.25, 0.3) is 5.91 Å². The topological polar surface area (TPSA) is 64.6 Å². The van der Waals surface area contributed by atoms with E-state index in [9.17, 15) is 9.59 Å². The zero-order chi connectivity index (χ0) is 14.1. The molecule has 1 aromatic rings. The molecule has 1 aromatic carbocycles. The van der Waals surface area contributed by atoms with Crippen molar-refractivity contribution in [3.63, 3.8) is 0 Å². The fourth-order valence-electron chi connectivity index (χ4n) is 1.24. The number of terminal acetylenes is 1. The number of benzene rings is 1. The Balaban J connectivity index is 2.25. The molecule has 0 atom stereocenters. The highest BCUT2D eigenvalue weighted by atomic mass is 16.6. The van der Waals surface area contributed by atoms with Crippen LogP contribution in [0.15, 0.2) is 24.3 Å². The Morgan fingerprint density at radius 3 is 2.84 bits per heavy atom. The summed E-state index contributed by atoms with van der Waals surface area (Å²) in [5.74, 6) is 1.76. The molecule has 1 rings (SSSR count). The van der Waals surface area contributed by atoms with E-state index in [-0.39, 0.29) is 19.8 Å². The molecule has 5 heteroatoms. The Kier molecular flexibility index (Phi) is 5.96. The Bertz CT molecular complexity index is 490. The minimum absolute atomic E-state index is 0.107. The van der Waals surface area contributed by atoms with Gasteiger partial charge in [0, 0.05) is 0 Å². The zero-order valence-electron chi connectivity index (χ0n) is 10.6. The summed E-state index contributed by atoms with van der Waals surface area (Å²) >= 11 is 0. The molecule has 1 amide bonds. The highest BCUT2D eigenvalue weighted by Gasteiger charge is 2.07. The minimum atomic E-state index is -0.614. The second-order valence-corrected chi connectivity index (χ2v) is 3.75. The van der Waals surface area contributed by atoms with Gasteiger partial charge in [0.05, 0.1) is 6.54 Å². The molecular formula is C14H15NO4. The zero-order valence-corrected chi connectivity index (χ0v) is 10.6. The molecule has 0 saturated carbocycles. The molecule has 100 valence electrons. The van der Waals surface area contributed by atoms with Crippen LogP contribution in [0.3, 0.4) is 0 Å². The summed E-state index contributed by atoms with van der Waals surface area (Å²) < 4.78 is 9.93. The molecule has 0 radical (unpaired) electrons. The number of hydrogen-bond donors (Lipinski definition) is 1. The molecule has 0 saturated heterocycles. The quantitative estimate of drug-likeness (QED) is 0.603. The number of esters is 1. The smallest absolute Gasteiger partial charge is 0.344 e. The van der Waals surface area contributed by atoms with Gasteiger partial charge in [0.1, 0.15) is 5.75 Å². The maximum atomic E-state index is 11.3. The number of hydrogen-bond acceptors (Lipinski definition) is 4. The van der Waals surface area contributed by atoms with E-state index in [0.717, 1.165) is 5.56 Å². The fraction of sp³-hybridized carbons (Fsp3) is 0.286. The van der Waals surface area contributed by atoms with Crippen molar-refractivity contribution in [3.05, 3.63) is 29.8 Å². The lowest BCUT2D eigenvalue weighted by molar-refractivity contribution is -0.150. The van der Waals surface area contributed by atoms with Crippen LogP contribution in [0.4, 0.5) is 0 Å². The van der Waals surface area contributed by atoms with Crippen molar-refractivity contribution >= 4 is 11.9 Å². The fourth-order valence-corrected chi connectivity index (χ4v) is 1.24. The van der Waals surface area contributed by atoms with E-state index in [1.54, 1.807) is 12.1 Å². The van der Waals surface area contributed by atoms with Gasteiger partial charge in [0.2, 0.25) is 0 Å². The Morgan fingerprint density at radius 1 is 1.37 bits per heavy atom. The van der Waals surface area contributed by atoms with E-state index in [0.29, 0.717) is 5.75 Å². The highest BCUT2D eigenvalue weighted by Crippen LogP contribution is 2.11. The van der Waals surface area contributed by atoms with E-state index in [2.05, 4.69) is 11.2 Å². The summed E-state index contributed by atoms with van der Waals surface area (Å²) in [5.41, 5.74) is 1.03. The van der Waals surface area contributed by atoms with E-state index in [4.69, 9.17) is 15.9 Å². The van der Waals surface area contributed by atoms with Crippen LogP contribution < -0.4 is 10.1 Å². The van der Waals surface area contributed by atoms with Crippen molar-refractivity contribution in [1.29, 1.82) is 0 Å². The summed E-state index contributed by atoms with van der Waals surface area (Å²) in [6.07, 6.45) is 4.96. The van der Waals surface area contributed by atoms with E-state index >= 15 is 0 Å². The monoisotopic (exact) mass is 261 g/mol. The van der Waals surface area contributed by atoms with Crippen LogP contribution in [-0.2, 0) is 14.3 Å². The van der Waals surface area contributed by atoms with Crippen molar-refractivity contribution < 1.29 is 19.1 Å². The van der Waals surface area contributed by atoms with Gasteiger partial charge in [-0.2, -0.15) is 0 Å². The predicted molar refractivity (Wildman–Crippen MR) is 69.5 cm³/mol. The van der Waals surface area contributed by atoms with Crippen LogP contribution in [0, 0.1) is 19.3 Å². The maximum Gasteiger partial charge on any atom is 0.344 e. The number of nitrogens with one attached hydrogen (secondary N) is 1. The number of amides is 1. The third-order valence-electron chi connectivity index (χ3n) is 2.10. The van der Waals surface area contributed by atoms with E-state index in [1.807, 2.05) is 19.1 Å². The molecule has 0 bridgehead atoms. The van der Waals surface area contributed by atoms with Gasteiger partial charge in [-0.25, -0.2) is 4.79 Å². The van der Waals surface area contributed by atoms with Crippen LogP contribution in [-0.4, -0.2) is 31.6 Å². The lowest BCUT2D eigenvalue weighted by atomic mass is 10.2. The average Bonchev–Trinajstić information content (AvgIpc) is 2.40.